The number of amides is 1. The second-order valence-corrected chi connectivity index (χ2v) is 4.43. The molecular weight excluding hydrogens is 200 g/mol. The van der Waals surface area contributed by atoms with Gasteiger partial charge in [0.15, 0.2) is 0 Å². The van der Waals surface area contributed by atoms with Gasteiger partial charge < -0.3 is 10.2 Å². The number of carbonyl (C=O) groups is 1. The molecule has 3 heteroatoms. The third kappa shape index (κ3) is 3.57. The molecule has 1 rings (SSSR count). The minimum Gasteiger partial charge on any atom is -0.378 e. The van der Waals surface area contributed by atoms with Gasteiger partial charge in [0.05, 0.1) is 0 Å². The van der Waals surface area contributed by atoms with Crippen molar-refractivity contribution in [3.05, 3.63) is 29.8 Å². The molecule has 1 amide bonds. The SMILES string of the molecule is CC(C)C(=O)NCc1ccc(N(C)C)cc1. The summed E-state index contributed by atoms with van der Waals surface area (Å²) in [6.07, 6.45) is 0. The molecule has 1 N–H and O–H groups in total. The van der Waals surface area contributed by atoms with Crippen molar-refractivity contribution >= 4 is 11.6 Å². The van der Waals surface area contributed by atoms with Crippen molar-refractivity contribution in [1.29, 1.82) is 0 Å². The lowest BCUT2D eigenvalue weighted by molar-refractivity contribution is -0.124. The highest BCUT2D eigenvalue weighted by Crippen LogP contribution is 2.12. The topological polar surface area (TPSA) is 32.3 Å². The Labute approximate surface area is 97.5 Å². The lowest BCUT2D eigenvalue weighted by Gasteiger charge is -2.13. The second kappa shape index (κ2) is 5.54. The van der Waals surface area contributed by atoms with E-state index in [2.05, 4.69) is 22.3 Å². The summed E-state index contributed by atoms with van der Waals surface area (Å²) in [7, 11) is 4.02. The number of hydrogen-bond donors (Lipinski definition) is 1. The molecule has 0 aliphatic heterocycles. The lowest BCUT2D eigenvalue weighted by atomic mass is 10.1. The predicted octanol–water partition coefficient (Wildman–Crippen LogP) is 2.02. The van der Waals surface area contributed by atoms with Gasteiger partial charge in [-0.15, -0.1) is 0 Å². The van der Waals surface area contributed by atoms with E-state index < -0.39 is 0 Å². The molecular formula is C13H20N2O. The van der Waals surface area contributed by atoms with Crippen LogP contribution in [0.3, 0.4) is 0 Å². The van der Waals surface area contributed by atoms with E-state index in [9.17, 15) is 4.79 Å². The van der Waals surface area contributed by atoms with Gasteiger partial charge in [-0.2, -0.15) is 0 Å². The molecule has 1 aromatic carbocycles. The van der Waals surface area contributed by atoms with Crippen LogP contribution in [-0.2, 0) is 11.3 Å². The van der Waals surface area contributed by atoms with Crippen molar-refractivity contribution in [2.75, 3.05) is 19.0 Å². The van der Waals surface area contributed by atoms with E-state index in [1.807, 2.05) is 40.1 Å². The van der Waals surface area contributed by atoms with E-state index in [-0.39, 0.29) is 11.8 Å². The molecule has 0 atom stereocenters. The fourth-order valence-corrected chi connectivity index (χ4v) is 1.31. The Balaban J connectivity index is 2.53. The number of carbonyl (C=O) groups excluding carboxylic acids is 1. The molecule has 0 bridgehead atoms. The molecule has 0 spiro atoms. The Morgan fingerprint density at radius 1 is 1.25 bits per heavy atom. The summed E-state index contributed by atoms with van der Waals surface area (Å²) >= 11 is 0. The number of nitrogens with zero attached hydrogens (tertiary/aromatic N) is 1. The van der Waals surface area contributed by atoms with Crippen LogP contribution in [0, 0.1) is 5.92 Å². The Kier molecular flexibility index (Phi) is 4.35. The van der Waals surface area contributed by atoms with Crippen LogP contribution in [0.5, 0.6) is 0 Å². The molecule has 88 valence electrons. The normalized spacial score (nSPS) is 10.3. The minimum atomic E-state index is 0.0426. The van der Waals surface area contributed by atoms with E-state index in [0.29, 0.717) is 6.54 Å². The summed E-state index contributed by atoms with van der Waals surface area (Å²) in [6.45, 7) is 4.39. The maximum Gasteiger partial charge on any atom is 0.222 e. The quantitative estimate of drug-likeness (QED) is 0.842. The first kappa shape index (κ1) is 12.6. The summed E-state index contributed by atoms with van der Waals surface area (Å²) in [5.74, 6) is 0.137. The van der Waals surface area contributed by atoms with Crippen LogP contribution in [0.1, 0.15) is 19.4 Å². The minimum absolute atomic E-state index is 0.0426. The Bertz CT molecular complexity index is 341. The van der Waals surface area contributed by atoms with Crippen molar-refractivity contribution in [3.63, 3.8) is 0 Å². The standard InChI is InChI=1S/C13H20N2O/c1-10(2)13(16)14-9-11-5-7-12(8-6-11)15(3)4/h5-8,10H,9H2,1-4H3,(H,14,16). The van der Waals surface area contributed by atoms with Crippen LogP contribution >= 0.6 is 0 Å². The van der Waals surface area contributed by atoms with Crippen LogP contribution in [0.4, 0.5) is 5.69 Å². The highest BCUT2D eigenvalue weighted by Gasteiger charge is 2.05. The maximum absolute atomic E-state index is 11.4. The zero-order valence-corrected chi connectivity index (χ0v) is 10.4. The molecule has 0 radical (unpaired) electrons. The Morgan fingerprint density at radius 3 is 2.25 bits per heavy atom. The van der Waals surface area contributed by atoms with E-state index in [1.54, 1.807) is 0 Å². The van der Waals surface area contributed by atoms with E-state index in [0.717, 1.165) is 5.56 Å². The van der Waals surface area contributed by atoms with Crippen LogP contribution in [0.25, 0.3) is 0 Å². The van der Waals surface area contributed by atoms with Gasteiger partial charge in [-0.3, -0.25) is 4.79 Å². The smallest absolute Gasteiger partial charge is 0.222 e. The van der Waals surface area contributed by atoms with Gasteiger partial charge in [-0.25, -0.2) is 0 Å². The molecule has 0 saturated heterocycles. The molecule has 0 aliphatic rings. The van der Waals surface area contributed by atoms with Gasteiger partial charge in [-0.05, 0) is 17.7 Å². The third-order valence-corrected chi connectivity index (χ3v) is 2.44. The lowest BCUT2D eigenvalue weighted by Crippen LogP contribution is -2.27. The molecule has 16 heavy (non-hydrogen) atoms. The largest absolute Gasteiger partial charge is 0.378 e. The fourth-order valence-electron chi connectivity index (χ4n) is 1.31. The number of hydrogen-bond acceptors (Lipinski definition) is 2. The van der Waals surface area contributed by atoms with Crippen molar-refractivity contribution in [1.82, 2.24) is 5.32 Å². The highest BCUT2D eigenvalue weighted by molar-refractivity contribution is 5.77. The predicted molar refractivity (Wildman–Crippen MR) is 67.5 cm³/mol. The van der Waals surface area contributed by atoms with Gasteiger partial charge in [0.25, 0.3) is 0 Å². The Morgan fingerprint density at radius 2 is 1.81 bits per heavy atom. The molecule has 0 heterocycles. The van der Waals surface area contributed by atoms with Crippen molar-refractivity contribution in [3.8, 4) is 0 Å². The molecule has 1 aromatic rings. The number of benzene rings is 1. The Hall–Kier alpha value is -1.51. The molecule has 3 nitrogen and oxygen atoms in total. The average Bonchev–Trinajstić information content (AvgIpc) is 2.26. The zero-order valence-electron chi connectivity index (χ0n) is 10.4. The molecule has 0 fully saturated rings. The summed E-state index contributed by atoms with van der Waals surface area (Å²) in [6, 6.07) is 8.18. The second-order valence-electron chi connectivity index (χ2n) is 4.43. The van der Waals surface area contributed by atoms with Crippen LogP contribution < -0.4 is 10.2 Å². The third-order valence-electron chi connectivity index (χ3n) is 2.44. The highest BCUT2D eigenvalue weighted by atomic mass is 16.1. The van der Waals surface area contributed by atoms with Crippen LogP contribution in [-0.4, -0.2) is 20.0 Å². The molecule has 0 aromatic heterocycles. The maximum atomic E-state index is 11.4. The zero-order chi connectivity index (χ0) is 12.1. The van der Waals surface area contributed by atoms with Gasteiger partial charge in [0.2, 0.25) is 5.91 Å². The summed E-state index contributed by atoms with van der Waals surface area (Å²) in [5.41, 5.74) is 2.29. The van der Waals surface area contributed by atoms with Crippen LogP contribution in [0.2, 0.25) is 0 Å². The summed E-state index contributed by atoms with van der Waals surface area (Å²) in [5, 5.41) is 2.89. The van der Waals surface area contributed by atoms with Crippen LogP contribution in [0.15, 0.2) is 24.3 Å². The van der Waals surface area contributed by atoms with Crippen molar-refractivity contribution < 1.29 is 4.79 Å². The van der Waals surface area contributed by atoms with Gasteiger partial charge in [0.1, 0.15) is 0 Å². The first-order valence-electron chi connectivity index (χ1n) is 5.54. The summed E-state index contributed by atoms with van der Waals surface area (Å²) < 4.78 is 0. The number of nitrogens with one attached hydrogen (secondary N) is 1. The van der Waals surface area contributed by atoms with Crippen molar-refractivity contribution in [2.24, 2.45) is 5.92 Å². The fraction of sp³-hybridized carbons (Fsp3) is 0.462. The molecule has 0 saturated carbocycles. The van der Waals surface area contributed by atoms with Gasteiger partial charge >= 0.3 is 0 Å². The first-order chi connectivity index (χ1) is 7.50. The van der Waals surface area contributed by atoms with Crippen molar-refractivity contribution in [2.45, 2.75) is 20.4 Å². The summed E-state index contributed by atoms with van der Waals surface area (Å²) in [4.78, 5) is 13.4. The average molecular weight is 220 g/mol. The monoisotopic (exact) mass is 220 g/mol. The molecule has 0 unspecified atom stereocenters. The van der Waals surface area contributed by atoms with Gasteiger partial charge in [0, 0.05) is 32.2 Å². The first-order valence-corrected chi connectivity index (χ1v) is 5.54. The van der Waals surface area contributed by atoms with E-state index >= 15 is 0 Å². The van der Waals surface area contributed by atoms with E-state index in [1.165, 1.54) is 5.69 Å². The molecule has 0 aliphatic carbocycles. The number of anilines is 1. The van der Waals surface area contributed by atoms with Gasteiger partial charge in [-0.1, -0.05) is 26.0 Å². The van der Waals surface area contributed by atoms with E-state index in [4.69, 9.17) is 0 Å². The number of rotatable bonds is 4.